The first-order valence-electron chi connectivity index (χ1n) is 11.6. The van der Waals surface area contributed by atoms with Crippen LogP contribution in [0, 0.1) is 5.82 Å². The molecular weight excluding hydrogens is 492 g/mol. The van der Waals surface area contributed by atoms with E-state index in [-0.39, 0.29) is 30.1 Å². The molecule has 5 heterocycles. The minimum atomic E-state index is -4.62. The lowest BCUT2D eigenvalue weighted by atomic mass is 10.2. The Kier molecular flexibility index (Phi) is 5.42. The summed E-state index contributed by atoms with van der Waals surface area (Å²) >= 11 is 0. The van der Waals surface area contributed by atoms with Crippen LogP contribution in [0.4, 0.5) is 35.0 Å². The average Bonchev–Trinajstić information content (AvgIpc) is 3.56. The monoisotopic (exact) mass is 512 g/mol. The van der Waals surface area contributed by atoms with E-state index in [1.54, 1.807) is 12.1 Å². The third-order valence-electron chi connectivity index (χ3n) is 6.52. The summed E-state index contributed by atoms with van der Waals surface area (Å²) in [5.41, 5.74) is 0.0640. The molecule has 6 rings (SSSR count). The van der Waals surface area contributed by atoms with Crippen LogP contribution in [0.25, 0.3) is 5.65 Å². The number of anilines is 3. The van der Waals surface area contributed by atoms with Gasteiger partial charge >= 0.3 is 6.18 Å². The number of alkyl halides is 3. The van der Waals surface area contributed by atoms with Crippen molar-refractivity contribution in [1.29, 1.82) is 0 Å². The van der Waals surface area contributed by atoms with Crippen molar-refractivity contribution in [3.8, 4) is 0 Å². The number of rotatable bonds is 5. The highest BCUT2D eigenvalue weighted by Gasteiger charge is 2.37. The zero-order chi connectivity index (χ0) is 25.7. The summed E-state index contributed by atoms with van der Waals surface area (Å²) in [6.45, 7) is 0.132. The molecule has 1 aliphatic heterocycles. The van der Waals surface area contributed by atoms with Gasteiger partial charge in [0, 0.05) is 29.9 Å². The number of fused-ring (bicyclic) bond motifs is 2. The number of pyridine rings is 3. The maximum atomic E-state index is 13.4. The van der Waals surface area contributed by atoms with Crippen LogP contribution in [0.5, 0.6) is 0 Å². The second kappa shape index (κ2) is 8.68. The molecule has 1 fully saturated rings. The maximum absolute atomic E-state index is 13.4. The summed E-state index contributed by atoms with van der Waals surface area (Å²) in [7, 11) is 0. The molecule has 1 amide bonds. The molecule has 37 heavy (non-hydrogen) atoms. The molecule has 0 bridgehead atoms. The van der Waals surface area contributed by atoms with Crippen molar-refractivity contribution in [1.82, 2.24) is 24.6 Å². The van der Waals surface area contributed by atoms with Gasteiger partial charge in [0.05, 0.1) is 18.4 Å². The molecule has 0 saturated heterocycles. The van der Waals surface area contributed by atoms with Gasteiger partial charge in [0.15, 0.2) is 5.65 Å². The van der Waals surface area contributed by atoms with Crippen molar-refractivity contribution in [2.24, 2.45) is 0 Å². The van der Waals surface area contributed by atoms with Crippen LogP contribution in [0.3, 0.4) is 0 Å². The number of aromatic nitrogens is 5. The van der Waals surface area contributed by atoms with Crippen LogP contribution < -0.4 is 15.5 Å². The molecule has 190 valence electrons. The summed E-state index contributed by atoms with van der Waals surface area (Å²) < 4.78 is 53.8. The van der Waals surface area contributed by atoms with Crippen molar-refractivity contribution in [3.63, 3.8) is 0 Å². The number of amides is 1. The van der Waals surface area contributed by atoms with Gasteiger partial charge in [-0.15, -0.1) is 5.10 Å². The lowest BCUT2D eigenvalue weighted by Crippen LogP contribution is -2.24. The highest BCUT2D eigenvalue weighted by molar-refractivity contribution is 6.08. The van der Waals surface area contributed by atoms with Gasteiger partial charge in [-0.1, -0.05) is 6.07 Å². The van der Waals surface area contributed by atoms with Crippen LogP contribution >= 0.6 is 0 Å². The molecule has 0 spiro atoms. The molecule has 4 aromatic rings. The number of hydrogen-bond acceptors (Lipinski definition) is 7. The first-order chi connectivity index (χ1) is 17.7. The van der Waals surface area contributed by atoms with Gasteiger partial charge < -0.3 is 15.5 Å². The minimum absolute atomic E-state index is 0.132. The van der Waals surface area contributed by atoms with E-state index in [0.29, 0.717) is 28.7 Å². The zero-order valence-corrected chi connectivity index (χ0v) is 19.2. The number of nitrogens with one attached hydrogen (secondary N) is 2. The number of halogens is 4. The van der Waals surface area contributed by atoms with Crippen LogP contribution in [0.2, 0.25) is 0 Å². The largest absolute Gasteiger partial charge is 0.433 e. The Morgan fingerprint density at radius 2 is 1.81 bits per heavy atom. The second-order valence-electron chi connectivity index (χ2n) is 9.07. The second-order valence-corrected chi connectivity index (χ2v) is 9.07. The highest BCUT2D eigenvalue weighted by atomic mass is 19.4. The van der Waals surface area contributed by atoms with E-state index in [1.807, 2.05) is 0 Å². The van der Waals surface area contributed by atoms with Crippen LogP contribution in [0.15, 0.2) is 48.8 Å². The fraction of sp³-hybridized carbons (Fsp3) is 0.292. The van der Waals surface area contributed by atoms with Crippen molar-refractivity contribution < 1.29 is 22.4 Å². The number of carbonyl (C=O) groups is 1. The normalized spacial score (nSPS) is 19.5. The molecule has 2 atom stereocenters. The first kappa shape index (κ1) is 23.1. The Morgan fingerprint density at radius 3 is 2.57 bits per heavy atom. The molecule has 1 saturated carbocycles. The van der Waals surface area contributed by atoms with Crippen LogP contribution in [-0.4, -0.2) is 42.6 Å². The Hall–Kier alpha value is -4.29. The fourth-order valence-electron chi connectivity index (χ4n) is 4.72. The standard InChI is InChI=1S/C24H20F4N8O/c25-14-7-8-36-20(9-14)33-23(34-36)31-16-3-2-15(10-16)30-19-6-4-17(11-29-19)35-12-13-1-5-18(24(26,27)28)32-21(13)22(35)37/h1,4-9,11,15-16H,2-3,10,12H2,(H,29,30)(H,31,34)/t15-,16-/m0/s1. The molecule has 13 heteroatoms. The summed E-state index contributed by atoms with van der Waals surface area (Å²) in [6.07, 6.45) is 0.974. The number of nitrogens with zero attached hydrogens (tertiary/aromatic N) is 6. The van der Waals surface area contributed by atoms with Gasteiger partial charge in [-0.25, -0.2) is 18.9 Å². The lowest BCUT2D eigenvalue weighted by Gasteiger charge is -2.17. The van der Waals surface area contributed by atoms with Crippen molar-refractivity contribution in [3.05, 3.63) is 71.6 Å². The maximum Gasteiger partial charge on any atom is 0.433 e. The average molecular weight is 512 g/mol. The van der Waals surface area contributed by atoms with Crippen LogP contribution in [-0.2, 0) is 12.7 Å². The van der Waals surface area contributed by atoms with Gasteiger partial charge in [0.2, 0.25) is 5.95 Å². The van der Waals surface area contributed by atoms with Gasteiger partial charge in [0.1, 0.15) is 23.0 Å². The summed E-state index contributed by atoms with van der Waals surface area (Å²) in [6, 6.07) is 8.52. The Morgan fingerprint density at radius 1 is 1.00 bits per heavy atom. The first-order valence-corrected chi connectivity index (χ1v) is 11.6. The lowest BCUT2D eigenvalue weighted by molar-refractivity contribution is -0.141. The van der Waals surface area contributed by atoms with E-state index >= 15 is 0 Å². The SMILES string of the molecule is O=C1c2nc(C(F)(F)F)ccc2CN1c1ccc(N[C@H]2CC[C@H](Nc3nc4cc(F)ccn4n3)C2)nc1. The Labute approximate surface area is 207 Å². The molecule has 0 aromatic carbocycles. The van der Waals surface area contributed by atoms with Gasteiger partial charge in [-0.3, -0.25) is 4.79 Å². The molecule has 2 N–H and O–H groups in total. The molecular formula is C24H20F4N8O. The van der Waals surface area contributed by atoms with E-state index < -0.39 is 17.8 Å². The fourth-order valence-corrected chi connectivity index (χ4v) is 4.72. The Balaban J connectivity index is 1.07. The van der Waals surface area contributed by atoms with Crippen LogP contribution in [0.1, 0.15) is 41.0 Å². The van der Waals surface area contributed by atoms with Gasteiger partial charge in [-0.05, 0) is 43.5 Å². The molecule has 0 unspecified atom stereocenters. The van der Waals surface area contributed by atoms with E-state index in [0.717, 1.165) is 25.3 Å². The molecule has 1 aliphatic carbocycles. The smallest absolute Gasteiger partial charge is 0.367 e. The van der Waals surface area contributed by atoms with E-state index in [9.17, 15) is 22.4 Å². The highest BCUT2D eigenvalue weighted by Crippen LogP contribution is 2.33. The molecule has 0 radical (unpaired) electrons. The topological polar surface area (TPSA) is 100 Å². The third-order valence-corrected chi connectivity index (χ3v) is 6.52. The predicted octanol–water partition coefficient (Wildman–Crippen LogP) is 4.28. The third kappa shape index (κ3) is 4.52. The van der Waals surface area contributed by atoms with Gasteiger partial charge in [0.25, 0.3) is 5.91 Å². The van der Waals surface area contributed by atoms with E-state index in [1.165, 1.54) is 40.0 Å². The zero-order valence-electron chi connectivity index (χ0n) is 19.2. The van der Waals surface area contributed by atoms with Crippen molar-refractivity contribution in [2.45, 2.75) is 44.1 Å². The summed E-state index contributed by atoms with van der Waals surface area (Å²) in [4.78, 5) is 26.3. The predicted molar refractivity (Wildman–Crippen MR) is 126 cm³/mol. The van der Waals surface area contributed by atoms with Gasteiger partial charge in [-0.2, -0.15) is 18.2 Å². The number of carbonyl (C=O) groups excluding carboxylic acids is 1. The van der Waals surface area contributed by atoms with E-state index in [2.05, 4.69) is 30.7 Å². The Bertz CT molecular complexity index is 1490. The summed E-state index contributed by atoms with van der Waals surface area (Å²) in [5, 5.41) is 11.0. The number of hydrogen-bond donors (Lipinski definition) is 2. The quantitative estimate of drug-likeness (QED) is 0.385. The molecule has 2 aliphatic rings. The van der Waals surface area contributed by atoms with Crippen molar-refractivity contribution >= 4 is 29.0 Å². The summed E-state index contributed by atoms with van der Waals surface area (Å²) in [5.74, 6) is 0.0989. The minimum Gasteiger partial charge on any atom is -0.367 e. The van der Waals surface area contributed by atoms with Crippen molar-refractivity contribution in [2.75, 3.05) is 15.5 Å². The van der Waals surface area contributed by atoms with E-state index in [4.69, 9.17) is 0 Å². The molecule has 4 aromatic heterocycles. The molecule has 9 nitrogen and oxygen atoms in total.